The largest absolute Gasteiger partial charge is 0.324 e. The number of hydrogen-bond acceptors (Lipinski definition) is 1. The Hall–Kier alpha value is -0.340. The van der Waals surface area contributed by atoms with Crippen molar-refractivity contribution >= 4 is 15.9 Å². The number of hydrogen-bond donors (Lipinski definition) is 1. The van der Waals surface area contributed by atoms with Crippen molar-refractivity contribution in [3.05, 3.63) is 33.8 Å². The molecule has 1 aromatic rings. The maximum atomic E-state index is 5.89. The lowest BCUT2D eigenvalue weighted by Crippen LogP contribution is -2.04. The third kappa shape index (κ3) is 1.10. The predicted molar refractivity (Wildman–Crippen MR) is 49.4 cm³/mol. The van der Waals surface area contributed by atoms with E-state index in [1.54, 1.807) is 0 Å². The van der Waals surface area contributed by atoms with Crippen LogP contribution in [0, 0.1) is 0 Å². The summed E-state index contributed by atoms with van der Waals surface area (Å²) in [6, 6.07) is 6.52. The van der Waals surface area contributed by atoms with Gasteiger partial charge in [-0.2, -0.15) is 0 Å². The van der Waals surface area contributed by atoms with Crippen molar-refractivity contribution < 1.29 is 0 Å². The molecule has 0 bridgehead atoms. The fourth-order valence-corrected chi connectivity index (χ4v) is 2.22. The van der Waals surface area contributed by atoms with Crippen LogP contribution in [-0.2, 0) is 6.42 Å². The van der Waals surface area contributed by atoms with Gasteiger partial charge in [0.05, 0.1) is 0 Å². The minimum atomic E-state index is 0.266. The summed E-state index contributed by atoms with van der Waals surface area (Å²) in [4.78, 5) is 0. The molecular weight excluding hydrogens is 202 g/mol. The van der Waals surface area contributed by atoms with Gasteiger partial charge in [-0.3, -0.25) is 0 Å². The van der Waals surface area contributed by atoms with E-state index in [2.05, 4.69) is 28.1 Å². The minimum absolute atomic E-state index is 0.266. The highest BCUT2D eigenvalue weighted by Gasteiger charge is 2.19. The fourth-order valence-electron chi connectivity index (χ4n) is 1.64. The van der Waals surface area contributed by atoms with E-state index in [9.17, 15) is 0 Å². The topological polar surface area (TPSA) is 26.0 Å². The van der Waals surface area contributed by atoms with E-state index in [-0.39, 0.29) is 6.04 Å². The molecule has 11 heavy (non-hydrogen) atoms. The van der Waals surface area contributed by atoms with Gasteiger partial charge in [-0.25, -0.2) is 0 Å². The van der Waals surface area contributed by atoms with Crippen LogP contribution in [0.3, 0.4) is 0 Å². The van der Waals surface area contributed by atoms with Crippen LogP contribution in [0.4, 0.5) is 0 Å². The molecule has 1 aromatic carbocycles. The monoisotopic (exact) mass is 211 g/mol. The fraction of sp³-hybridized carbons (Fsp3) is 0.333. The molecular formula is C9H10BrN. The number of fused-ring (bicyclic) bond motifs is 1. The lowest BCUT2D eigenvalue weighted by Gasteiger charge is -2.04. The molecule has 1 unspecified atom stereocenters. The van der Waals surface area contributed by atoms with E-state index in [0.29, 0.717) is 0 Å². The summed E-state index contributed by atoms with van der Waals surface area (Å²) in [7, 11) is 0. The molecule has 2 N–H and O–H groups in total. The molecule has 1 aliphatic rings. The van der Waals surface area contributed by atoms with Crippen molar-refractivity contribution in [1.82, 2.24) is 0 Å². The van der Waals surface area contributed by atoms with Gasteiger partial charge in [0.1, 0.15) is 0 Å². The maximum Gasteiger partial charge on any atom is 0.0301 e. The molecule has 1 nitrogen and oxygen atoms in total. The van der Waals surface area contributed by atoms with E-state index in [1.165, 1.54) is 15.6 Å². The normalized spacial score (nSPS) is 21.8. The van der Waals surface area contributed by atoms with Crippen LogP contribution in [0.15, 0.2) is 22.7 Å². The average Bonchev–Trinajstić information content (AvgIpc) is 2.35. The van der Waals surface area contributed by atoms with Crippen molar-refractivity contribution in [2.75, 3.05) is 0 Å². The molecule has 58 valence electrons. The molecule has 0 fully saturated rings. The first-order chi connectivity index (χ1) is 5.29. The van der Waals surface area contributed by atoms with Gasteiger partial charge < -0.3 is 5.73 Å². The zero-order valence-corrected chi connectivity index (χ0v) is 7.76. The first-order valence-electron chi connectivity index (χ1n) is 3.82. The summed E-state index contributed by atoms with van der Waals surface area (Å²) in [6.45, 7) is 0. The Morgan fingerprint density at radius 3 is 3.00 bits per heavy atom. The van der Waals surface area contributed by atoms with Gasteiger partial charge in [0.2, 0.25) is 0 Å². The lowest BCUT2D eigenvalue weighted by atomic mass is 10.1. The van der Waals surface area contributed by atoms with Crippen LogP contribution >= 0.6 is 15.9 Å². The summed E-state index contributed by atoms with van der Waals surface area (Å²) in [5, 5.41) is 0. The zero-order chi connectivity index (χ0) is 7.84. The summed E-state index contributed by atoms with van der Waals surface area (Å²) in [5.74, 6) is 0. The SMILES string of the molecule is NC1CCc2c(Br)cccc21. The van der Waals surface area contributed by atoms with E-state index >= 15 is 0 Å². The van der Waals surface area contributed by atoms with Gasteiger partial charge in [-0.05, 0) is 30.0 Å². The molecule has 0 aromatic heterocycles. The predicted octanol–water partition coefficient (Wildman–Crippen LogP) is 2.40. The van der Waals surface area contributed by atoms with E-state index < -0.39 is 0 Å². The Bertz CT molecular complexity index is 283. The van der Waals surface area contributed by atoms with Gasteiger partial charge in [-0.1, -0.05) is 28.1 Å². The number of nitrogens with two attached hydrogens (primary N) is 1. The Morgan fingerprint density at radius 1 is 1.45 bits per heavy atom. The molecule has 1 aliphatic carbocycles. The minimum Gasteiger partial charge on any atom is -0.324 e. The van der Waals surface area contributed by atoms with Crippen molar-refractivity contribution in [2.45, 2.75) is 18.9 Å². The van der Waals surface area contributed by atoms with E-state index in [1.807, 2.05) is 6.07 Å². The third-order valence-electron chi connectivity index (χ3n) is 2.26. The van der Waals surface area contributed by atoms with Crippen molar-refractivity contribution in [2.24, 2.45) is 5.73 Å². The van der Waals surface area contributed by atoms with Crippen LogP contribution in [0.25, 0.3) is 0 Å². The summed E-state index contributed by atoms with van der Waals surface area (Å²) in [6.07, 6.45) is 2.22. The molecule has 0 spiro atoms. The van der Waals surface area contributed by atoms with Crippen LogP contribution in [0.1, 0.15) is 23.6 Å². The molecule has 0 aliphatic heterocycles. The molecule has 2 heteroatoms. The van der Waals surface area contributed by atoms with Gasteiger partial charge in [0.25, 0.3) is 0 Å². The Balaban J connectivity index is 2.57. The maximum absolute atomic E-state index is 5.89. The Kier molecular flexibility index (Phi) is 1.74. The Labute approximate surface area is 74.7 Å². The van der Waals surface area contributed by atoms with Gasteiger partial charge in [-0.15, -0.1) is 0 Å². The Morgan fingerprint density at radius 2 is 2.27 bits per heavy atom. The van der Waals surface area contributed by atoms with E-state index in [0.717, 1.165) is 12.8 Å². The molecule has 0 heterocycles. The second-order valence-corrected chi connectivity index (χ2v) is 3.81. The van der Waals surface area contributed by atoms with Crippen molar-refractivity contribution in [3.63, 3.8) is 0 Å². The number of benzene rings is 1. The van der Waals surface area contributed by atoms with Crippen LogP contribution in [0.5, 0.6) is 0 Å². The average molecular weight is 212 g/mol. The first kappa shape index (κ1) is 7.32. The van der Waals surface area contributed by atoms with Crippen LogP contribution in [-0.4, -0.2) is 0 Å². The molecule has 1 atom stereocenters. The highest BCUT2D eigenvalue weighted by molar-refractivity contribution is 9.10. The lowest BCUT2D eigenvalue weighted by molar-refractivity contribution is 0.713. The highest BCUT2D eigenvalue weighted by Crippen LogP contribution is 2.33. The van der Waals surface area contributed by atoms with Crippen LogP contribution < -0.4 is 5.73 Å². The van der Waals surface area contributed by atoms with Gasteiger partial charge in [0.15, 0.2) is 0 Å². The molecule has 0 amide bonds. The second kappa shape index (κ2) is 2.61. The smallest absolute Gasteiger partial charge is 0.0301 e. The molecule has 0 radical (unpaired) electrons. The quantitative estimate of drug-likeness (QED) is 0.702. The zero-order valence-electron chi connectivity index (χ0n) is 6.18. The van der Waals surface area contributed by atoms with E-state index in [4.69, 9.17) is 5.73 Å². The summed E-state index contributed by atoms with van der Waals surface area (Å²) >= 11 is 3.52. The summed E-state index contributed by atoms with van der Waals surface area (Å²) < 4.78 is 1.21. The standard InChI is InChI=1S/C9H10BrN/c10-8-3-1-2-7-6(8)4-5-9(7)11/h1-3,9H,4-5,11H2. The van der Waals surface area contributed by atoms with Gasteiger partial charge in [0, 0.05) is 10.5 Å². The number of halogens is 1. The number of rotatable bonds is 0. The third-order valence-corrected chi connectivity index (χ3v) is 3.00. The van der Waals surface area contributed by atoms with Gasteiger partial charge >= 0.3 is 0 Å². The van der Waals surface area contributed by atoms with Crippen molar-refractivity contribution in [3.8, 4) is 0 Å². The van der Waals surface area contributed by atoms with Crippen molar-refractivity contribution in [1.29, 1.82) is 0 Å². The molecule has 2 rings (SSSR count). The summed E-state index contributed by atoms with van der Waals surface area (Å²) in [5.41, 5.74) is 8.62. The highest BCUT2D eigenvalue weighted by atomic mass is 79.9. The molecule has 0 saturated heterocycles. The molecule has 0 saturated carbocycles. The van der Waals surface area contributed by atoms with Crippen LogP contribution in [0.2, 0.25) is 0 Å². The second-order valence-electron chi connectivity index (χ2n) is 2.95. The first-order valence-corrected chi connectivity index (χ1v) is 4.61.